The van der Waals surface area contributed by atoms with E-state index in [-0.39, 0.29) is 5.56 Å². The highest BCUT2D eigenvalue weighted by Gasteiger charge is 2.10. The summed E-state index contributed by atoms with van der Waals surface area (Å²) < 4.78 is 18.6. The second-order valence-electron chi connectivity index (χ2n) is 4.34. The summed E-state index contributed by atoms with van der Waals surface area (Å²) in [5.74, 6) is -0.574. The van der Waals surface area contributed by atoms with Crippen molar-refractivity contribution in [3.05, 3.63) is 53.8 Å². The maximum atomic E-state index is 13.2. The molecule has 0 saturated heterocycles. The highest BCUT2D eigenvalue weighted by Crippen LogP contribution is 2.24. The molecule has 2 aromatic carbocycles. The van der Waals surface area contributed by atoms with E-state index in [9.17, 15) is 9.18 Å². The molecule has 2 aromatic rings. The summed E-state index contributed by atoms with van der Waals surface area (Å²) in [7, 11) is 0. The van der Waals surface area contributed by atoms with Crippen LogP contribution < -0.4 is 21.5 Å². The maximum absolute atomic E-state index is 13.2. The SMILES string of the molecule is NCCOc1cccc(Nc2ccc(F)cc2C(N)=O)c1. The van der Waals surface area contributed by atoms with Gasteiger partial charge in [0, 0.05) is 18.3 Å². The Morgan fingerprint density at radius 3 is 2.76 bits per heavy atom. The van der Waals surface area contributed by atoms with Gasteiger partial charge in [-0.3, -0.25) is 4.79 Å². The first-order valence-electron chi connectivity index (χ1n) is 6.39. The Hall–Kier alpha value is -2.60. The first kappa shape index (κ1) is 14.8. The van der Waals surface area contributed by atoms with E-state index in [4.69, 9.17) is 16.2 Å². The van der Waals surface area contributed by atoms with Gasteiger partial charge in [0.1, 0.15) is 18.2 Å². The molecular weight excluding hydrogens is 273 g/mol. The van der Waals surface area contributed by atoms with Gasteiger partial charge >= 0.3 is 0 Å². The van der Waals surface area contributed by atoms with Crippen molar-refractivity contribution in [2.75, 3.05) is 18.5 Å². The highest BCUT2D eigenvalue weighted by atomic mass is 19.1. The predicted octanol–water partition coefficient (Wildman–Crippen LogP) is 2.01. The molecule has 0 heterocycles. The maximum Gasteiger partial charge on any atom is 0.250 e. The van der Waals surface area contributed by atoms with Gasteiger partial charge in [-0.2, -0.15) is 0 Å². The average Bonchev–Trinajstić information content (AvgIpc) is 2.47. The van der Waals surface area contributed by atoms with E-state index in [1.165, 1.54) is 12.1 Å². The van der Waals surface area contributed by atoms with Crippen molar-refractivity contribution in [3.63, 3.8) is 0 Å². The van der Waals surface area contributed by atoms with E-state index >= 15 is 0 Å². The molecule has 0 bridgehead atoms. The van der Waals surface area contributed by atoms with Crippen LogP contribution in [0.3, 0.4) is 0 Å². The Morgan fingerprint density at radius 2 is 2.05 bits per heavy atom. The minimum Gasteiger partial charge on any atom is -0.492 e. The fraction of sp³-hybridized carbons (Fsp3) is 0.133. The molecule has 0 radical (unpaired) electrons. The van der Waals surface area contributed by atoms with E-state index in [2.05, 4.69) is 5.32 Å². The van der Waals surface area contributed by atoms with E-state index < -0.39 is 11.7 Å². The number of carbonyl (C=O) groups is 1. The molecule has 0 fully saturated rings. The van der Waals surface area contributed by atoms with Gasteiger partial charge in [0.25, 0.3) is 5.91 Å². The summed E-state index contributed by atoms with van der Waals surface area (Å²) in [4.78, 5) is 11.3. The molecule has 0 spiro atoms. The van der Waals surface area contributed by atoms with Crippen LogP contribution in [-0.2, 0) is 0 Å². The van der Waals surface area contributed by atoms with Gasteiger partial charge in [0.2, 0.25) is 0 Å². The number of amides is 1. The highest BCUT2D eigenvalue weighted by molar-refractivity contribution is 5.99. The Kier molecular flexibility index (Phi) is 4.73. The minimum atomic E-state index is -0.701. The smallest absolute Gasteiger partial charge is 0.250 e. The zero-order valence-corrected chi connectivity index (χ0v) is 11.3. The van der Waals surface area contributed by atoms with Crippen LogP contribution in [0.4, 0.5) is 15.8 Å². The third-order valence-electron chi connectivity index (χ3n) is 2.75. The van der Waals surface area contributed by atoms with E-state index in [0.29, 0.717) is 30.3 Å². The lowest BCUT2D eigenvalue weighted by Gasteiger charge is -2.12. The van der Waals surface area contributed by atoms with Gasteiger partial charge in [-0.1, -0.05) is 6.07 Å². The fourth-order valence-electron chi connectivity index (χ4n) is 1.83. The van der Waals surface area contributed by atoms with Gasteiger partial charge in [0.05, 0.1) is 11.3 Å². The standard InChI is InChI=1S/C15H16FN3O2/c16-10-4-5-14(13(8-10)15(18)20)19-11-2-1-3-12(9-11)21-7-6-17/h1-5,8-9,19H,6-7,17H2,(H2,18,20). The second kappa shape index (κ2) is 6.71. The number of benzene rings is 2. The lowest BCUT2D eigenvalue weighted by Crippen LogP contribution is -2.13. The molecular formula is C15H16FN3O2. The Morgan fingerprint density at radius 1 is 1.24 bits per heavy atom. The van der Waals surface area contributed by atoms with Crippen LogP contribution in [-0.4, -0.2) is 19.1 Å². The van der Waals surface area contributed by atoms with Crippen molar-refractivity contribution in [2.24, 2.45) is 11.5 Å². The molecule has 1 amide bonds. The Bertz CT molecular complexity index is 647. The van der Waals surface area contributed by atoms with Crippen LogP contribution in [0.1, 0.15) is 10.4 Å². The summed E-state index contributed by atoms with van der Waals surface area (Å²) in [5, 5.41) is 3.02. The van der Waals surface area contributed by atoms with Crippen LogP contribution in [0.5, 0.6) is 5.75 Å². The molecule has 110 valence electrons. The number of anilines is 2. The number of hydrogen-bond donors (Lipinski definition) is 3. The number of nitrogens with two attached hydrogens (primary N) is 2. The Balaban J connectivity index is 2.24. The number of nitrogens with one attached hydrogen (secondary N) is 1. The molecule has 0 aliphatic carbocycles. The van der Waals surface area contributed by atoms with Crippen molar-refractivity contribution < 1.29 is 13.9 Å². The normalized spacial score (nSPS) is 10.2. The van der Waals surface area contributed by atoms with E-state index in [0.717, 1.165) is 6.07 Å². The topological polar surface area (TPSA) is 90.4 Å². The quantitative estimate of drug-likeness (QED) is 0.758. The molecule has 21 heavy (non-hydrogen) atoms. The number of halogens is 1. The number of primary amides is 1. The molecule has 0 unspecified atom stereocenters. The number of ether oxygens (including phenoxy) is 1. The first-order valence-corrected chi connectivity index (χ1v) is 6.39. The van der Waals surface area contributed by atoms with E-state index in [1.54, 1.807) is 24.3 Å². The number of hydrogen-bond acceptors (Lipinski definition) is 4. The zero-order valence-electron chi connectivity index (χ0n) is 11.3. The molecule has 0 aromatic heterocycles. The summed E-state index contributed by atoms with van der Waals surface area (Å²) in [6, 6.07) is 10.9. The van der Waals surface area contributed by atoms with E-state index in [1.807, 2.05) is 0 Å². The molecule has 5 nitrogen and oxygen atoms in total. The van der Waals surface area contributed by atoms with Crippen LogP contribution in [0.2, 0.25) is 0 Å². The molecule has 2 rings (SSSR count). The summed E-state index contributed by atoms with van der Waals surface area (Å²) in [6.45, 7) is 0.827. The number of carbonyl (C=O) groups excluding carboxylic acids is 1. The second-order valence-corrected chi connectivity index (χ2v) is 4.34. The minimum absolute atomic E-state index is 0.0864. The number of rotatable bonds is 6. The molecule has 0 saturated carbocycles. The average molecular weight is 289 g/mol. The van der Waals surface area contributed by atoms with Crippen molar-refractivity contribution in [1.29, 1.82) is 0 Å². The molecule has 0 atom stereocenters. The molecule has 5 N–H and O–H groups in total. The molecule has 0 aliphatic heterocycles. The van der Waals surface area contributed by atoms with Crippen LogP contribution in [0.15, 0.2) is 42.5 Å². The summed E-state index contributed by atoms with van der Waals surface area (Å²) in [5.41, 5.74) is 11.8. The monoisotopic (exact) mass is 289 g/mol. The molecule has 6 heteroatoms. The third kappa shape index (κ3) is 3.93. The van der Waals surface area contributed by atoms with Crippen LogP contribution in [0, 0.1) is 5.82 Å². The van der Waals surface area contributed by atoms with Crippen LogP contribution in [0.25, 0.3) is 0 Å². The largest absolute Gasteiger partial charge is 0.492 e. The zero-order chi connectivity index (χ0) is 15.2. The van der Waals surface area contributed by atoms with Gasteiger partial charge in [0.15, 0.2) is 0 Å². The Labute approximate surface area is 121 Å². The van der Waals surface area contributed by atoms with Crippen molar-refractivity contribution >= 4 is 17.3 Å². The van der Waals surface area contributed by atoms with Gasteiger partial charge < -0.3 is 21.5 Å². The van der Waals surface area contributed by atoms with Crippen molar-refractivity contribution in [3.8, 4) is 5.75 Å². The summed E-state index contributed by atoms with van der Waals surface area (Å²) in [6.07, 6.45) is 0. The fourth-order valence-corrected chi connectivity index (χ4v) is 1.83. The molecule has 0 aliphatic rings. The van der Waals surface area contributed by atoms with Crippen LogP contribution >= 0.6 is 0 Å². The third-order valence-corrected chi connectivity index (χ3v) is 2.75. The van der Waals surface area contributed by atoms with Gasteiger partial charge in [-0.05, 0) is 30.3 Å². The predicted molar refractivity (Wildman–Crippen MR) is 79.2 cm³/mol. The lowest BCUT2D eigenvalue weighted by atomic mass is 10.1. The van der Waals surface area contributed by atoms with Gasteiger partial charge in [-0.15, -0.1) is 0 Å². The first-order chi connectivity index (χ1) is 10.1. The van der Waals surface area contributed by atoms with Crippen molar-refractivity contribution in [1.82, 2.24) is 0 Å². The summed E-state index contributed by atoms with van der Waals surface area (Å²) >= 11 is 0. The van der Waals surface area contributed by atoms with Crippen molar-refractivity contribution in [2.45, 2.75) is 0 Å². The lowest BCUT2D eigenvalue weighted by molar-refractivity contribution is 0.100. The van der Waals surface area contributed by atoms with Gasteiger partial charge in [-0.25, -0.2) is 4.39 Å².